The molecule has 0 radical (unpaired) electrons. The van der Waals surface area contributed by atoms with Crippen LogP contribution in [-0.2, 0) is 0 Å². The summed E-state index contributed by atoms with van der Waals surface area (Å²) in [5.41, 5.74) is 0.944. The summed E-state index contributed by atoms with van der Waals surface area (Å²) in [5.74, 6) is 0.711. The van der Waals surface area contributed by atoms with E-state index in [1.807, 2.05) is 0 Å². The topological polar surface area (TPSA) is 58.4 Å². The molecule has 0 amide bonds. The Hall–Kier alpha value is -1.33. The molecular weight excluding hydrogens is 278 g/mol. The fourth-order valence-electron chi connectivity index (χ4n) is 2.59. The Morgan fingerprint density at radius 1 is 1.45 bits per heavy atom. The molecule has 5 nitrogen and oxygen atoms in total. The summed E-state index contributed by atoms with van der Waals surface area (Å²) < 4.78 is 0. The first-order valence-corrected chi connectivity index (χ1v) is 7.39. The maximum Gasteiger partial charge on any atom is 0.271 e. The van der Waals surface area contributed by atoms with Crippen LogP contribution in [0.1, 0.15) is 19.8 Å². The van der Waals surface area contributed by atoms with Crippen molar-refractivity contribution in [1.29, 1.82) is 0 Å². The molecule has 1 aromatic carbocycles. The Labute approximate surface area is 124 Å². The van der Waals surface area contributed by atoms with Gasteiger partial charge in [-0.2, -0.15) is 0 Å². The molecule has 1 fully saturated rings. The van der Waals surface area contributed by atoms with Crippen molar-refractivity contribution in [2.24, 2.45) is 5.92 Å². The third-order valence-corrected chi connectivity index (χ3v) is 4.08. The van der Waals surface area contributed by atoms with Crippen LogP contribution < -0.4 is 10.2 Å². The summed E-state index contributed by atoms with van der Waals surface area (Å²) in [6.07, 6.45) is 2.25. The molecule has 1 aliphatic heterocycles. The van der Waals surface area contributed by atoms with Gasteiger partial charge in [0.05, 0.1) is 15.6 Å². The van der Waals surface area contributed by atoms with Crippen LogP contribution in [0.3, 0.4) is 0 Å². The molecule has 0 atom stereocenters. The van der Waals surface area contributed by atoms with Crippen LogP contribution in [0.5, 0.6) is 0 Å². The summed E-state index contributed by atoms with van der Waals surface area (Å²) >= 11 is 6.17. The highest BCUT2D eigenvalue weighted by atomic mass is 35.5. The van der Waals surface area contributed by atoms with E-state index in [-0.39, 0.29) is 5.69 Å². The van der Waals surface area contributed by atoms with Crippen molar-refractivity contribution < 1.29 is 4.92 Å². The lowest BCUT2D eigenvalue weighted by Gasteiger charge is -2.34. The van der Waals surface area contributed by atoms with Gasteiger partial charge in [-0.25, -0.2) is 0 Å². The molecule has 0 spiro atoms. The van der Waals surface area contributed by atoms with E-state index >= 15 is 0 Å². The van der Waals surface area contributed by atoms with Crippen LogP contribution in [0, 0.1) is 16.0 Å². The van der Waals surface area contributed by atoms with Gasteiger partial charge in [0.2, 0.25) is 0 Å². The van der Waals surface area contributed by atoms with Gasteiger partial charge in [-0.3, -0.25) is 10.1 Å². The SMILES string of the molecule is CCNCC1CCN(c2ccc([N+](=O)[O-])cc2Cl)CC1. The number of nitrogens with zero attached hydrogens (tertiary/aromatic N) is 2. The molecule has 0 saturated carbocycles. The molecule has 20 heavy (non-hydrogen) atoms. The molecule has 1 saturated heterocycles. The first-order chi connectivity index (χ1) is 9.61. The van der Waals surface area contributed by atoms with Crippen molar-refractivity contribution in [2.75, 3.05) is 31.1 Å². The van der Waals surface area contributed by atoms with E-state index in [0.29, 0.717) is 10.9 Å². The maximum atomic E-state index is 10.7. The van der Waals surface area contributed by atoms with Crippen molar-refractivity contribution in [3.05, 3.63) is 33.3 Å². The normalized spacial score (nSPS) is 16.4. The zero-order valence-electron chi connectivity index (χ0n) is 11.6. The summed E-state index contributed by atoms with van der Waals surface area (Å²) in [5, 5.41) is 14.6. The molecule has 0 aliphatic carbocycles. The number of piperidine rings is 1. The number of halogens is 1. The van der Waals surface area contributed by atoms with Crippen LogP contribution in [0.4, 0.5) is 11.4 Å². The standard InChI is InChI=1S/C14H20ClN3O2/c1-2-16-10-11-5-7-17(8-6-11)14-4-3-12(18(19)20)9-13(14)15/h3-4,9,11,16H,2,5-8,10H2,1H3. The van der Waals surface area contributed by atoms with Crippen molar-refractivity contribution in [2.45, 2.75) is 19.8 Å². The molecule has 2 rings (SSSR count). The van der Waals surface area contributed by atoms with E-state index in [0.717, 1.165) is 44.7 Å². The Morgan fingerprint density at radius 3 is 2.70 bits per heavy atom. The highest BCUT2D eigenvalue weighted by molar-refractivity contribution is 6.33. The molecule has 0 unspecified atom stereocenters. The predicted octanol–water partition coefficient (Wildman–Crippen LogP) is 3.07. The van der Waals surface area contributed by atoms with Gasteiger partial charge in [-0.1, -0.05) is 18.5 Å². The first-order valence-electron chi connectivity index (χ1n) is 7.01. The minimum atomic E-state index is -0.418. The molecule has 0 bridgehead atoms. The van der Waals surface area contributed by atoms with Crippen molar-refractivity contribution in [3.63, 3.8) is 0 Å². The lowest BCUT2D eigenvalue weighted by Crippen LogP contribution is -2.37. The number of nitrogens with one attached hydrogen (secondary N) is 1. The summed E-state index contributed by atoms with van der Waals surface area (Å²) in [6.45, 7) is 6.10. The fourth-order valence-corrected chi connectivity index (χ4v) is 2.89. The van der Waals surface area contributed by atoms with Crippen LogP contribution in [0.25, 0.3) is 0 Å². The number of benzene rings is 1. The number of nitro groups is 1. The van der Waals surface area contributed by atoms with E-state index in [1.165, 1.54) is 12.1 Å². The van der Waals surface area contributed by atoms with Crippen LogP contribution in [0.15, 0.2) is 18.2 Å². The predicted molar refractivity (Wildman–Crippen MR) is 81.6 cm³/mol. The van der Waals surface area contributed by atoms with Crippen LogP contribution >= 0.6 is 11.6 Å². The molecular formula is C14H20ClN3O2. The highest BCUT2D eigenvalue weighted by Gasteiger charge is 2.21. The lowest BCUT2D eigenvalue weighted by atomic mass is 9.96. The van der Waals surface area contributed by atoms with Gasteiger partial charge < -0.3 is 10.2 Å². The second-order valence-electron chi connectivity index (χ2n) is 5.13. The van der Waals surface area contributed by atoms with E-state index in [2.05, 4.69) is 17.1 Å². The largest absolute Gasteiger partial charge is 0.370 e. The Bertz CT molecular complexity index is 473. The van der Waals surface area contributed by atoms with Crippen molar-refractivity contribution in [1.82, 2.24) is 5.32 Å². The second-order valence-corrected chi connectivity index (χ2v) is 5.54. The number of hydrogen-bond donors (Lipinski definition) is 1. The van der Waals surface area contributed by atoms with Crippen molar-refractivity contribution in [3.8, 4) is 0 Å². The molecule has 1 heterocycles. The monoisotopic (exact) mass is 297 g/mol. The average molecular weight is 298 g/mol. The number of nitro benzene ring substituents is 1. The number of anilines is 1. The molecule has 6 heteroatoms. The van der Waals surface area contributed by atoms with E-state index in [4.69, 9.17) is 11.6 Å². The Kier molecular flexibility index (Phi) is 5.20. The zero-order chi connectivity index (χ0) is 14.5. The summed E-state index contributed by atoms with van der Waals surface area (Å²) in [4.78, 5) is 12.5. The van der Waals surface area contributed by atoms with Gasteiger partial charge >= 0.3 is 0 Å². The van der Waals surface area contributed by atoms with Gasteiger partial charge in [0.25, 0.3) is 5.69 Å². The highest BCUT2D eigenvalue weighted by Crippen LogP contribution is 2.32. The van der Waals surface area contributed by atoms with Gasteiger partial charge in [0.15, 0.2) is 0 Å². The van der Waals surface area contributed by atoms with Crippen LogP contribution in [0.2, 0.25) is 5.02 Å². The fraction of sp³-hybridized carbons (Fsp3) is 0.571. The van der Waals surface area contributed by atoms with E-state index < -0.39 is 4.92 Å². The van der Waals surface area contributed by atoms with Crippen LogP contribution in [-0.4, -0.2) is 31.1 Å². The molecule has 1 N–H and O–H groups in total. The number of non-ortho nitro benzene ring substituents is 1. The quantitative estimate of drug-likeness (QED) is 0.670. The zero-order valence-corrected chi connectivity index (χ0v) is 12.4. The lowest BCUT2D eigenvalue weighted by molar-refractivity contribution is -0.384. The molecule has 1 aliphatic rings. The van der Waals surface area contributed by atoms with Gasteiger partial charge in [0.1, 0.15) is 0 Å². The van der Waals surface area contributed by atoms with Crippen molar-refractivity contribution >= 4 is 23.0 Å². The average Bonchev–Trinajstić information content (AvgIpc) is 2.45. The second kappa shape index (κ2) is 6.90. The van der Waals surface area contributed by atoms with Gasteiger partial charge in [-0.15, -0.1) is 0 Å². The Balaban J connectivity index is 1.98. The maximum absolute atomic E-state index is 10.7. The smallest absolute Gasteiger partial charge is 0.271 e. The number of rotatable bonds is 5. The van der Waals surface area contributed by atoms with Gasteiger partial charge in [0, 0.05) is 25.2 Å². The number of hydrogen-bond acceptors (Lipinski definition) is 4. The molecule has 0 aromatic heterocycles. The minimum Gasteiger partial charge on any atom is -0.370 e. The van der Waals surface area contributed by atoms with E-state index in [9.17, 15) is 10.1 Å². The first kappa shape index (κ1) is 15.1. The molecule has 110 valence electrons. The minimum absolute atomic E-state index is 0.0424. The third-order valence-electron chi connectivity index (χ3n) is 3.78. The van der Waals surface area contributed by atoms with Gasteiger partial charge in [-0.05, 0) is 37.9 Å². The summed E-state index contributed by atoms with van der Waals surface area (Å²) in [7, 11) is 0. The third kappa shape index (κ3) is 3.61. The summed E-state index contributed by atoms with van der Waals surface area (Å²) in [6, 6.07) is 4.71. The van der Waals surface area contributed by atoms with E-state index in [1.54, 1.807) is 6.07 Å². The Morgan fingerprint density at radius 2 is 2.15 bits per heavy atom. The molecule has 1 aromatic rings.